The van der Waals surface area contributed by atoms with Crippen LogP contribution in [0, 0.1) is 10.1 Å². The third-order valence-corrected chi connectivity index (χ3v) is 3.86. The zero-order chi connectivity index (χ0) is 14.8. The van der Waals surface area contributed by atoms with Gasteiger partial charge in [-0.2, -0.15) is 0 Å². The van der Waals surface area contributed by atoms with E-state index in [-0.39, 0.29) is 4.92 Å². The maximum Gasteiger partial charge on any atom is 0.301 e. The second-order valence-electron chi connectivity index (χ2n) is 4.65. The van der Waals surface area contributed by atoms with E-state index in [9.17, 15) is 10.1 Å². The zero-order valence-electron chi connectivity index (χ0n) is 10.8. The standard InChI is InChI=1S/C15H11BrN2O3/c16-12-8-6-11(7-9-12)15-14(18(19)20)13(17-21-15)10-4-2-1-3-5-10/h1-9,14-15H/t14-,15-/m0/s1. The highest BCUT2D eigenvalue weighted by molar-refractivity contribution is 9.10. The van der Waals surface area contributed by atoms with E-state index in [0.29, 0.717) is 11.3 Å². The van der Waals surface area contributed by atoms with E-state index in [0.717, 1.165) is 10.0 Å². The quantitative estimate of drug-likeness (QED) is 0.630. The molecule has 21 heavy (non-hydrogen) atoms. The number of oxime groups is 1. The van der Waals surface area contributed by atoms with Gasteiger partial charge in [-0.15, -0.1) is 0 Å². The lowest BCUT2D eigenvalue weighted by Gasteiger charge is -2.12. The van der Waals surface area contributed by atoms with E-state index in [1.54, 1.807) is 24.3 Å². The van der Waals surface area contributed by atoms with Crippen LogP contribution in [0.25, 0.3) is 0 Å². The van der Waals surface area contributed by atoms with Crippen molar-refractivity contribution in [2.75, 3.05) is 0 Å². The van der Waals surface area contributed by atoms with E-state index >= 15 is 0 Å². The summed E-state index contributed by atoms with van der Waals surface area (Å²) >= 11 is 3.34. The minimum Gasteiger partial charge on any atom is -0.379 e. The normalized spacial score (nSPS) is 20.7. The van der Waals surface area contributed by atoms with Gasteiger partial charge < -0.3 is 4.84 Å². The van der Waals surface area contributed by atoms with Crippen LogP contribution in [0.3, 0.4) is 0 Å². The summed E-state index contributed by atoms with van der Waals surface area (Å²) in [5.41, 5.74) is 1.79. The van der Waals surface area contributed by atoms with Gasteiger partial charge in [0.1, 0.15) is 0 Å². The summed E-state index contributed by atoms with van der Waals surface area (Å²) in [6.07, 6.45) is -0.705. The summed E-state index contributed by atoms with van der Waals surface area (Å²) in [7, 11) is 0. The molecule has 1 aliphatic rings. The Morgan fingerprint density at radius 2 is 1.76 bits per heavy atom. The molecule has 0 saturated carbocycles. The Bertz CT molecular complexity index is 686. The molecule has 1 heterocycles. The number of benzene rings is 2. The first-order valence-corrected chi connectivity index (χ1v) is 7.14. The van der Waals surface area contributed by atoms with Gasteiger partial charge in [0.05, 0.1) is 0 Å². The molecule has 1 aliphatic heterocycles. The molecular weight excluding hydrogens is 336 g/mol. The first-order chi connectivity index (χ1) is 10.2. The second-order valence-corrected chi connectivity index (χ2v) is 5.57. The Hall–Kier alpha value is -2.21. The Balaban J connectivity index is 1.95. The summed E-state index contributed by atoms with van der Waals surface area (Å²) in [5.74, 6) is 0. The topological polar surface area (TPSA) is 64.7 Å². The maximum absolute atomic E-state index is 11.5. The van der Waals surface area contributed by atoms with Crippen molar-refractivity contribution >= 4 is 21.6 Å². The van der Waals surface area contributed by atoms with Gasteiger partial charge in [0.15, 0.2) is 5.71 Å². The SMILES string of the molecule is O=[N+]([O-])[C@H]1C(c2ccccc2)=NO[C@H]1c1ccc(Br)cc1. The molecule has 5 nitrogen and oxygen atoms in total. The number of hydrogen-bond acceptors (Lipinski definition) is 4. The molecule has 2 aromatic carbocycles. The molecular formula is C15H11BrN2O3. The molecule has 2 aromatic rings. The van der Waals surface area contributed by atoms with Crippen molar-refractivity contribution in [3.63, 3.8) is 0 Å². The summed E-state index contributed by atoms with van der Waals surface area (Å²) in [4.78, 5) is 16.5. The van der Waals surface area contributed by atoms with Gasteiger partial charge in [-0.05, 0) is 12.1 Å². The summed E-state index contributed by atoms with van der Waals surface area (Å²) in [6, 6.07) is 15.3. The molecule has 2 atom stereocenters. The average Bonchev–Trinajstić information content (AvgIpc) is 2.94. The molecule has 0 spiro atoms. The lowest BCUT2D eigenvalue weighted by molar-refractivity contribution is -0.512. The van der Waals surface area contributed by atoms with Crippen LogP contribution >= 0.6 is 15.9 Å². The Kier molecular flexibility index (Phi) is 3.70. The highest BCUT2D eigenvalue weighted by Gasteiger charge is 2.45. The summed E-state index contributed by atoms with van der Waals surface area (Å²) in [6.45, 7) is 0. The highest BCUT2D eigenvalue weighted by atomic mass is 79.9. The van der Waals surface area contributed by atoms with Gasteiger partial charge >= 0.3 is 6.04 Å². The number of nitrogens with zero attached hydrogens (tertiary/aromatic N) is 2. The van der Waals surface area contributed by atoms with Crippen LogP contribution in [0.4, 0.5) is 0 Å². The van der Waals surface area contributed by atoms with Gasteiger partial charge in [-0.3, -0.25) is 10.1 Å². The van der Waals surface area contributed by atoms with Crippen LogP contribution in [0.5, 0.6) is 0 Å². The molecule has 106 valence electrons. The molecule has 0 N–H and O–H groups in total. The van der Waals surface area contributed by atoms with Gasteiger partial charge in [-0.1, -0.05) is 63.6 Å². The average molecular weight is 347 g/mol. The summed E-state index contributed by atoms with van der Waals surface area (Å²) < 4.78 is 0.908. The van der Waals surface area contributed by atoms with Crippen molar-refractivity contribution in [3.05, 3.63) is 80.3 Å². The maximum atomic E-state index is 11.5. The van der Waals surface area contributed by atoms with Crippen LogP contribution < -0.4 is 0 Å². The van der Waals surface area contributed by atoms with E-state index in [1.165, 1.54) is 0 Å². The Labute approximate surface area is 129 Å². The molecule has 0 saturated heterocycles. The van der Waals surface area contributed by atoms with Crippen molar-refractivity contribution in [2.24, 2.45) is 5.16 Å². The van der Waals surface area contributed by atoms with Crippen LogP contribution in [0.1, 0.15) is 17.2 Å². The zero-order valence-corrected chi connectivity index (χ0v) is 12.4. The van der Waals surface area contributed by atoms with Gasteiger partial charge in [0.2, 0.25) is 6.10 Å². The van der Waals surface area contributed by atoms with Gasteiger partial charge in [0, 0.05) is 20.5 Å². The monoisotopic (exact) mass is 346 g/mol. The van der Waals surface area contributed by atoms with Crippen molar-refractivity contribution in [1.82, 2.24) is 0 Å². The van der Waals surface area contributed by atoms with Gasteiger partial charge in [0.25, 0.3) is 0 Å². The van der Waals surface area contributed by atoms with E-state index in [1.807, 2.05) is 30.3 Å². The van der Waals surface area contributed by atoms with Crippen molar-refractivity contribution in [3.8, 4) is 0 Å². The number of rotatable bonds is 3. The lowest BCUT2D eigenvalue weighted by atomic mass is 9.95. The second kappa shape index (κ2) is 5.65. The fourth-order valence-electron chi connectivity index (χ4n) is 2.31. The van der Waals surface area contributed by atoms with Gasteiger partial charge in [-0.25, -0.2) is 0 Å². The number of hydrogen-bond donors (Lipinski definition) is 0. The third kappa shape index (κ3) is 2.67. The largest absolute Gasteiger partial charge is 0.379 e. The van der Waals surface area contributed by atoms with Crippen molar-refractivity contribution in [1.29, 1.82) is 0 Å². The van der Waals surface area contributed by atoms with Crippen molar-refractivity contribution < 1.29 is 9.76 Å². The van der Waals surface area contributed by atoms with Crippen LogP contribution in [0.15, 0.2) is 64.2 Å². The van der Waals surface area contributed by atoms with Crippen LogP contribution in [-0.2, 0) is 4.84 Å². The van der Waals surface area contributed by atoms with Crippen molar-refractivity contribution in [2.45, 2.75) is 12.1 Å². The Morgan fingerprint density at radius 1 is 1.10 bits per heavy atom. The molecule has 3 rings (SSSR count). The smallest absolute Gasteiger partial charge is 0.301 e. The molecule has 0 aliphatic carbocycles. The fraction of sp³-hybridized carbons (Fsp3) is 0.133. The molecule has 0 amide bonds. The van der Waals surface area contributed by atoms with Crippen LogP contribution in [-0.4, -0.2) is 16.7 Å². The minimum atomic E-state index is -1.01. The molecule has 0 radical (unpaired) electrons. The van der Waals surface area contributed by atoms with Crippen LogP contribution in [0.2, 0.25) is 0 Å². The fourth-order valence-corrected chi connectivity index (χ4v) is 2.57. The number of halogens is 1. The number of nitro groups is 1. The van der Waals surface area contributed by atoms with E-state index in [4.69, 9.17) is 4.84 Å². The predicted octanol–water partition coefficient (Wildman–Crippen LogP) is 3.57. The molecule has 0 fully saturated rings. The van der Waals surface area contributed by atoms with E-state index in [2.05, 4.69) is 21.1 Å². The third-order valence-electron chi connectivity index (χ3n) is 3.33. The predicted molar refractivity (Wildman–Crippen MR) is 81.7 cm³/mol. The molecule has 0 bridgehead atoms. The first-order valence-electron chi connectivity index (χ1n) is 6.35. The molecule has 0 unspecified atom stereocenters. The first kappa shape index (κ1) is 13.8. The minimum absolute atomic E-state index is 0.342. The van der Waals surface area contributed by atoms with E-state index < -0.39 is 12.1 Å². The highest BCUT2D eigenvalue weighted by Crippen LogP contribution is 2.32. The molecule has 0 aromatic heterocycles. The summed E-state index contributed by atoms with van der Waals surface area (Å²) in [5, 5.41) is 15.4. The lowest BCUT2D eigenvalue weighted by Crippen LogP contribution is -2.32. The molecule has 6 heteroatoms. The Morgan fingerprint density at radius 3 is 2.38 bits per heavy atom.